The smallest absolute Gasteiger partial charge is 0.338 e. The Morgan fingerprint density at radius 1 is 1.32 bits per heavy atom. The van der Waals surface area contributed by atoms with Gasteiger partial charge in [-0.1, -0.05) is 20.8 Å². The van der Waals surface area contributed by atoms with Gasteiger partial charge in [0, 0.05) is 18.6 Å². The van der Waals surface area contributed by atoms with Crippen LogP contribution in [0.25, 0.3) is 0 Å². The zero-order valence-electron chi connectivity index (χ0n) is 12.0. The minimum atomic E-state index is -0.374. The Balaban J connectivity index is 2.95. The van der Waals surface area contributed by atoms with Crippen molar-refractivity contribution in [3.63, 3.8) is 0 Å². The molecule has 106 valence electrons. The first-order valence-electron chi connectivity index (χ1n) is 6.36. The summed E-state index contributed by atoms with van der Waals surface area (Å²) in [7, 11) is 1.61. The molecule has 1 aromatic rings. The molecule has 4 heteroatoms. The molecular formula is C15H22O4. The summed E-state index contributed by atoms with van der Waals surface area (Å²) in [5.41, 5.74) is 1.35. The molecule has 0 bridgehead atoms. The van der Waals surface area contributed by atoms with Crippen LogP contribution in [0.2, 0.25) is 0 Å². The molecule has 1 N–H and O–H groups in total. The van der Waals surface area contributed by atoms with Crippen LogP contribution in [-0.2, 0) is 10.2 Å². The van der Waals surface area contributed by atoms with Gasteiger partial charge in [0.25, 0.3) is 0 Å². The SMILES string of the molecule is COc1ccc(C(=O)OCCCO)cc1C(C)(C)C. The number of methoxy groups -OCH3 is 1. The van der Waals surface area contributed by atoms with Crippen molar-refractivity contribution >= 4 is 5.97 Å². The lowest BCUT2D eigenvalue weighted by Crippen LogP contribution is -2.15. The van der Waals surface area contributed by atoms with E-state index in [2.05, 4.69) is 20.8 Å². The highest BCUT2D eigenvalue weighted by atomic mass is 16.5. The van der Waals surface area contributed by atoms with Crippen LogP contribution in [0.1, 0.15) is 43.1 Å². The molecule has 0 fully saturated rings. The quantitative estimate of drug-likeness (QED) is 0.657. The molecule has 0 saturated carbocycles. The van der Waals surface area contributed by atoms with Crippen LogP contribution >= 0.6 is 0 Å². The van der Waals surface area contributed by atoms with Crippen molar-refractivity contribution in [2.45, 2.75) is 32.6 Å². The summed E-state index contributed by atoms with van der Waals surface area (Å²) >= 11 is 0. The number of hydrogen-bond acceptors (Lipinski definition) is 4. The van der Waals surface area contributed by atoms with Gasteiger partial charge in [-0.2, -0.15) is 0 Å². The second-order valence-corrected chi connectivity index (χ2v) is 5.38. The van der Waals surface area contributed by atoms with Crippen molar-refractivity contribution in [3.05, 3.63) is 29.3 Å². The molecule has 0 aliphatic rings. The third kappa shape index (κ3) is 4.24. The molecule has 0 aliphatic carbocycles. The van der Waals surface area contributed by atoms with Gasteiger partial charge in [0.15, 0.2) is 0 Å². The average molecular weight is 266 g/mol. The van der Waals surface area contributed by atoms with Gasteiger partial charge < -0.3 is 14.6 Å². The van der Waals surface area contributed by atoms with Gasteiger partial charge in [0.05, 0.1) is 19.3 Å². The van der Waals surface area contributed by atoms with Crippen molar-refractivity contribution in [1.29, 1.82) is 0 Å². The first kappa shape index (κ1) is 15.5. The van der Waals surface area contributed by atoms with Gasteiger partial charge in [-0.05, 0) is 23.6 Å². The normalized spacial score (nSPS) is 11.2. The second kappa shape index (κ2) is 6.57. The standard InChI is InChI=1S/C15H22O4/c1-15(2,3)12-10-11(6-7-13(12)18-4)14(17)19-9-5-8-16/h6-7,10,16H,5,8-9H2,1-4H3. The van der Waals surface area contributed by atoms with Gasteiger partial charge in [-0.25, -0.2) is 4.79 Å². The highest BCUT2D eigenvalue weighted by Gasteiger charge is 2.21. The van der Waals surface area contributed by atoms with Gasteiger partial charge in [-0.15, -0.1) is 0 Å². The van der Waals surface area contributed by atoms with Crippen molar-refractivity contribution in [3.8, 4) is 5.75 Å². The van der Waals surface area contributed by atoms with Crippen LogP contribution in [0.15, 0.2) is 18.2 Å². The van der Waals surface area contributed by atoms with E-state index in [4.69, 9.17) is 14.6 Å². The first-order valence-corrected chi connectivity index (χ1v) is 6.36. The molecule has 0 unspecified atom stereocenters. The summed E-state index contributed by atoms with van der Waals surface area (Å²) in [6.07, 6.45) is 0.452. The summed E-state index contributed by atoms with van der Waals surface area (Å²) in [6.45, 7) is 6.43. The van der Waals surface area contributed by atoms with E-state index in [9.17, 15) is 4.79 Å². The summed E-state index contributed by atoms with van der Waals surface area (Å²) in [4.78, 5) is 11.9. The van der Waals surface area contributed by atoms with Gasteiger partial charge in [0.1, 0.15) is 5.75 Å². The molecule has 0 atom stereocenters. The van der Waals surface area contributed by atoms with Crippen molar-refractivity contribution in [1.82, 2.24) is 0 Å². The highest BCUT2D eigenvalue weighted by molar-refractivity contribution is 5.90. The second-order valence-electron chi connectivity index (χ2n) is 5.38. The molecule has 1 rings (SSSR count). The van der Waals surface area contributed by atoms with Crippen LogP contribution in [0.4, 0.5) is 0 Å². The highest BCUT2D eigenvalue weighted by Crippen LogP contribution is 2.32. The van der Waals surface area contributed by atoms with Crippen LogP contribution in [0.5, 0.6) is 5.75 Å². The van der Waals surface area contributed by atoms with Crippen LogP contribution < -0.4 is 4.74 Å². The third-order valence-corrected chi connectivity index (χ3v) is 2.78. The Morgan fingerprint density at radius 3 is 2.53 bits per heavy atom. The van der Waals surface area contributed by atoms with E-state index >= 15 is 0 Å². The first-order chi connectivity index (χ1) is 8.90. The molecule has 0 spiro atoms. The maximum absolute atomic E-state index is 11.9. The molecular weight excluding hydrogens is 244 g/mol. The number of aliphatic hydroxyl groups excluding tert-OH is 1. The molecule has 1 aromatic carbocycles. The minimum absolute atomic E-state index is 0.0170. The largest absolute Gasteiger partial charge is 0.496 e. The summed E-state index contributed by atoms with van der Waals surface area (Å²) < 4.78 is 10.4. The fourth-order valence-corrected chi connectivity index (χ4v) is 1.73. The Bertz CT molecular complexity index is 432. The van der Waals surface area contributed by atoms with Crippen LogP contribution in [0.3, 0.4) is 0 Å². The molecule has 4 nitrogen and oxygen atoms in total. The summed E-state index contributed by atoms with van der Waals surface area (Å²) in [5, 5.41) is 8.66. The fraction of sp³-hybridized carbons (Fsp3) is 0.533. The number of carbonyl (C=O) groups excluding carboxylic acids is 1. The van der Waals surface area contributed by atoms with Crippen LogP contribution in [-0.4, -0.2) is 31.4 Å². The lowest BCUT2D eigenvalue weighted by atomic mass is 9.85. The summed E-state index contributed by atoms with van der Waals surface area (Å²) in [5.74, 6) is 0.390. The van der Waals surface area contributed by atoms with Gasteiger partial charge >= 0.3 is 5.97 Å². The van der Waals surface area contributed by atoms with E-state index < -0.39 is 0 Å². The molecule has 0 saturated heterocycles. The summed E-state index contributed by atoms with van der Waals surface area (Å²) in [6, 6.07) is 5.28. The minimum Gasteiger partial charge on any atom is -0.496 e. The predicted molar refractivity (Wildman–Crippen MR) is 73.7 cm³/mol. The predicted octanol–water partition coefficient (Wildman–Crippen LogP) is 2.53. The van der Waals surface area contributed by atoms with E-state index in [1.807, 2.05) is 0 Å². The van der Waals surface area contributed by atoms with Crippen molar-refractivity contribution < 1.29 is 19.4 Å². The Morgan fingerprint density at radius 2 is 2.00 bits per heavy atom. The number of aliphatic hydroxyl groups is 1. The lowest BCUT2D eigenvalue weighted by Gasteiger charge is -2.22. The number of hydrogen-bond donors (Lipinski definition) is 1. The molecule has 0 amide bonds. The van der Waals surface area contributed by atoms with E-state index in [1.54, 1.807) is 25.3 Å². The number of esters is 1. The Hall–Kier alpha value is -1.55. The van der Waals surface area contributed by atoms with Crippen LogP contribution in [0, 0.1) is 0 Å². The maximum atomic E-state index is 11.9. The number of ether oxygens (including phenoxy) is 2. The molecule has 19 heavy (non-hydrogen) atoms. The van der Waals surface area contributed by atoms with Gasteiger partial charge in [-0.3, -0.25) is 0 Å². The molecule has 0 radical (unpaired) electrons. The zero-order valence-corrected chi connectivity index (χ0v) is 12.0. The number of carbonyl (C=O) groups is 1. The Labute approximate surface area is 114 Å². The maximum Gasteiger partial charge on any atom is 0.338 e. The van der Waals surface area contributed by atoms with E-state index in [0.717, 1.165) is 11.3 Å². The monoisotopic (exact) mass is 266 g/mol. The Kier molecular flexibility index (Phi) is 5.36. The molecule has 0 heterocycles. The third-order valence-electron chi connectivity index (χ3n) is 2.78. The van der Waals surface area contributed by atoms with E-state index in [-0.39, 0.29) is 24.6 Å². The van der Waals surface area contributed by atoms with E-state index in [0.29, 0.717) is 12.0 Å². The topological polar surface area (TPSA) is 55.8 Å². The fourth-order valence-electron chi connectivity index (χ4n) is 1.73. The molecule has 0 aromatic heterocycles. The van der Waals surface area contributed by atoms with Crippen molar-refractivity contribution in [2.24, 2.45) is 0 Å². The van der Waals surface area contributed by atoms with Gasteiger partial charge in [0.2, 0.25) is 0 Å². The number of benzene rings is 1. The lowest BCUT2D eigenvalue weighted by molar-refractivity contribution is 0.0482. The van der Waals surface area contributed by atoms with Crippen molar-refractivity contribution in [2.75, 3.05) is 20.3 Å². The van der Waals surface area contributed by atoms with E-state index in [1.165, 1.54) is 0 Å². The molecule has 0 aliphatic heterocycles. The average Bonchev–Trinajstić information content (AvgIpc) is 2.37. The zero-order chi connectivity index (χ0) is 14.5. The number of rotatable bonds is 5.